The van der Waals surface area contributed by atoms with Gasteiger partial charge >= 0.3 is 0 Å². The van der Waals surface area contributed by atoms with Crippen LogP contribution in [0.4, 0.5) is 0 Å². The predicted octanol–water partition coefficient (Wildman–Crippen LogP) is 4.64. The van der Waals surface area contributed by atoms with Gasteiger partial charge in [0.05, 0.1) is 0 Å². The summed E-state index contributed by atoms with van der Waals surface area (Å²) in [5, 5.41) is 0. The van der Waals surface area contributed by atoms with E-state index in [0.717, 1.165) is 0 Å². The number of hydrogen-bond acceptors (Lipinski definition) is 0. The Morgan fingerprint density at radius 3 is 2.00 bits per heavy atom. The summed E-state index contributed by atoms with van der Waals surface area (Å²) in [5.41, 5.74) is 0. The molecule has 0 rings (SSSR count). The first-order chi connectivity index (χ1) is 5.91. The van der Waals surface area contributed by atoms with Gasteiger partial charge in [-0.25, -0.2) is 0 Å². The zero-order valence-electron chi connectivity index (χ0n) is 8.66. The maximum atomic E-state index is 2.29. The molecule has 0 N–H and O–H groups in total. The van der Waals surface area contributed by atoms with E-state index in [9.17, 15) is 0 Å². The van der Waals surface area contributed by atoms with Crippen molar-refractivity contribution in [1.29, 1.82) is 0 Å². The molecule has 0 saturated heterocycles. The molecule has 0 bridgehead atoms. The molecule has 0 aromatic carbocycles. The molecular weight excluding hydrogens is 182 g/mol. The fourth-order valence-electron chi connectivity index (χ4n) is 1.12. The van der Waals surface area contributed by atoms with Crippen LogP contribution in [0.25, 0.3) is 0 Å². The van der Waals surface area contributed by atoms with E-state index in [2.05, 4.69) is 13.8 Å². The molecule has 0 spiro atoms. The molecule has 0 saturated carbocycles. The topological polar surface area (TPSA) is 0 Å². The van der Waals surface area contributed by atoms with Crippen molar-refractivity contribution < 1.29 is 0 Å². The van der Waals surface area contributed by atoms with Crippen molar-refractivity contribution in [3.8, 4) is 0 Å². The third-order valence-electron chi connectivity index (χ3n) is 1.91. The molecule has 0 aliphatic carbocycles. The van der Waals surface area contributed by atoms with E-state index < -0.39 is 0 Å². The van der Waals surface area contributed by atoms with Crippen LogP contribution in [0.15, 0.2) is 0 Å². The van der Waals surface area contributed by atoms with E-state index in [-0.39, 0.29) is 0 Å². The second-order valence-electron chi connectivity index (χ2n) is 3.27. The van der Waals surface area contributed by atoms with Gasteiger partial charge in [-0.05, 0) is 18.7 Å². The number of rotatable bonds is 9. The summed E-state index contributed by atoms with van der Waals surface area (Å²) in [6.45, 7) is 4.57. The van der Waals surface area contributed by atoms with E-state index in [4.69, 9.17) is 0 Å². The fourth-order valence-corrected chi connectivity index (χ4v) is 4.49. The average molecular weight is 206 g/mol. The molecule has 2 heteroatoms. The standard InChI is InChI=1S/C10H24P2/c1-3-5-6-7-8-10-12-11-9-4-2/h11-12H,3-10H2,1-2H3. The molecule has 0 aliphatic heterocycles. The van der Waals surface area contributed by atoms with Gasteiger partial charge in [-0.15, -0.1) is 0 Å². The van der Waals surface area contributed by atoms with E-state index in [0.29, 0.717) is 0 Å². The Kier molecular flexibility index (Phi) is 12.7. The highest BCUT2D eigenvalue weighted by molar-refractivity contribution is 8.11. The highest BCUT2D eigenvalue weighted by Gasteiger charge is 1.89. The molecule has 0 heterocycles. The van der Waals surface area contributed by atoms with Gasteiger partial charge in [-0.3, -0.25) is 0 Å². The molecule has 0 aromatic heterocycles. The van der Waals surface area contributed by atoms with Gasteiger partial charge in [0.15, 0.2) is 0 Å². The third kappa shape index (κ3) is 10.9. The Bertz CT molecular complexity index is 64.2. The minimum absolute atomic E-state index is 1.27. The Morgan fingerprint density at radius 1 is 0.667 bits per heavy atom. The lowest BCUT2D eigenvalue weighted by Gasteiger charge is -2.00. The molecule has 12 heavy (non-hydrogen) atoms. The minimum atomic E-state index is 1.27. The second-order valence-corrected chi connectivity index (χ2v) is 7.10. The van der Waals surface area contributed by atoms with Crippen molar-refractivity contribution in [2.75, 3.05) is 12.3 Å². The van der Waals surface area contributed by atoms with Crippen LogP contribution in [-0.4, -0.2) is 12.3 Å². The molecule has 2 atom stereocenters. The summed E-state index contributed by atoms with van der Waals surface area (Å²) < 4.78 is 0. The van der Waals surface area contributed by atoms with Gasteiger partial charge in [0, 0.05) is 0 Å². The summed E-state index contributed by atoms with van der Waals surface area (Å²) in [6, 6.07) is 0. The smallest absolute Gasteiger partial charge is 0.0317 e. The quantitative estimate of drug-likeness (QED) is 0.381. The van der Waals surface area contributed by atoms with Crippen LogP contribution in [0.3, 0.4) is 0 Å². The fraction of sp³-hybridized carbons (Fsp3) is 1.00. The molecule has 0 aromatic rings. The summed E-state index contributed by atoms with van der Waals surface area (Å²) in [4.78, 5) is 0. The molecule has 0 aliphatic rings. The van der Waals surface area contributed by atoms with Crippen molar-refractivity contribution >= 4 is 16.5 Å². The van der Waals surface area contributed by atoms with E-state index in [1.807, 2.05) is 0 Å². The van der Waals surface area contributed by atoms with Crippen molar-refractivity contribution in [3.63, 3.8) is 0 Å². The summed E-state index contributed by atoms with van der Waals surface area (Å²) >= 11 is 0. The van der Waals surface area contributed by atoms with E-state index in [1.54, 1.807) is 0 Å². The molecule has 2 unspecified atom stereocenters. The summed E-state index contributed by atoms with van der Waals surface area (Å²) in [6.07, 6.45) is 11.7. The van der Waals surface area contributed by atoms with Crippen molar-refractivity contribution in [1.82, 2.24) is 0 Å². The lowest BCUT2D eigenvalue weighted by molar-refractivity contribution is 0.659. The molecular formula is C10H24P2. The van der Waals surface area contributed by atoms with Crippen molar-refractivity contribution in [3.05, 3.63) is 0 Å². The Hall–Kier alpha value is 0.860. The van der Waals surface area contributed by atoms with Crippen LogP contribution in [-0.2, 0) is 0 Å². The first kappa shape index (κ1) is 12.9. The first-order valence-electron chi connectivity index (χ1n) is 5.37. The van der Waals surface area contributed by atoms with Crippen LogP contribution in [0.1, 0.15) is 52.4 Å². The Balaban J connectivity index is 2.73. The zero-order valence-corrected chi connectivity index (χ0v) is 10.7. The highest BCUT2D eigenvalue weighted by atomic mass is 32.0. The Morgan fingerprint density at radius 2 is 1.33 bits per heavy atom. The third-order valence-corrected chi connectivity index (χ3v) is 5.76. The van der Waals surface area contributed by atoms with Gasteiger partial charge in [0.2, 0.25) is 0 Å². The molecule has 0 radical (unpaired) electrons. The lowest BCUT2D eigenvalue weighted by Crippen LogP contribution is -1.78. The maximum Gasteiger partial charge on any atom is -0.0317 e. The van der Waals surface area contributed by atoms with Gasteiger partial charge in [0.25, 0.3) is 0 Å². The number of hydrogen-bond donors (Lipinski definition) is 0. The molecule has 74 valence electrons. The Labute approximate surface area is 81.7 Å². The van der Waals surface area contributed by atoms with Gasteiger partial charge in [-0.1, -0.05) is 62.5 Å². The minimum Gasteiger partial charge on any atom is -0.0993 e. The maximum absolute atomic E-state index is 2.29. The van der Waals surface area contributed by atoms with Crippen molar-refractivity contribution in [2.45, 2.75) is 52.4 Å². The normalized spacial score (nSPS) is 12.5. The van der Waals surface area contributed by atoms with Gasteiger partial charge in [0.1, 0.15) is 0 Å². The molecule has 0 amide bonds. The highest BCUT2D eigenvalue weighted by Crippen LogP contribution is 2.37. The van der Waals surface area contributed by atoms with Gasteiger partial charge in [-0.2, -0.15) is 0 Å². The van der Waals surface area contributed by atoms with Crippen LogP contribution in [0, 0.1) is 0 Å². The predicted molar refractivity (Wildman–Crippen MR) is 65.4 cm³/mol. The van der Waals surface area contributed by atoms with E-state index >= 15 is 0 Å². The zero-order chi connectivity index (χ0) is 9.07. The van der Waals surface area contributed by atoms with Crippen LogP contribution < -0.4 is 0 Å². The lowest BCUT2D eigenvalue weighted by atomic mass is 10.2. The first-order valence-corrected chi connectivity index (χ1v) is 8.79. The molecule has 0 fully saturated rings. The number of unbranched alkanes of at least 4 members (excludes halogenated alkanes) is 4. The van der Waals surface area contributed by atoms with E-state index in [1.165, 1.54) is 67.4 Å². The monoisotopic (exact) mass is 206 g/mol. The van der Waals surface area contributed by atoms with Crippen LogP contribution >= 0.6 is 16.5 Å². The average Bonchev–Trinajstić information content (AvgIpc) is 2.10. The summed E-state index contributed by atoms with van der Waals surface area (Å²) in [5.74, 6) is 0. The van der Waals surface area contributed by atoms with Gasteiger partial charge < -0.3 is 0 Å². The molecule has 0 nitrogen and oxygen atoms in total. The van der Waals surface area contributed by atoms with Crippen LogP contribution in [0.5, 0.6) is 0 Å². The summed E-state index contributed by atoms with van der Waals surface area (Å²) in [7, 11) is 2.55. The van der Waals surface area contributed by atoms with Crippen LogP contribution in [0.2, 0.25) is 0 Å². The van der Waals surface area contributed by atoms with Crippen molar-refractivity contribution in [2.24, 2.45) is 0 Å². The second kappa shape index (κ2) is 11.9. The SMILES string of the molecule is CCCCCCCPPCCC. The largest absolute Gasteiger partial charge is 0.0993 e.